The van der Waals surface area contributed by atoms with Crippen LogP contribution < -0.4 is 5.84 Å². The molecule has 0 saturated carbocycles. The number of benzene rings is 1. The summed E-state index contributed by atoms with van der Waals surface area (Å²) in [4.78, 5) is 32.8. The van der Waals surface area contributed by atoms with Gasteiger partial charge in [0.2, 0.25) is 11.6 Å². The summed E-state index contributed by atoms with van der Waals surface area (Å²) in [6.45, 7) is 1.43. The van der Waals surface area contributed by atoms with Crippen molar-refractivity contribution >= 4 is 40.6 Å². The number of allylic oxidation sites excluding steroid dienone is 2. The number of aliphatic imine (C=N–C) groups is 2. The van der Waals surface area contributed by atoms with Gasteiger partial charge in [-0.25, -0.2) is 0 Å². The molecule has 1 unspecified atom stereocenters. The van der Waals surface area contributed by atoms with Crippen molar-refractivity contribution in [3.05, 3.63) is 84.3 Å². The number of thioether (sulfide) groups is 1. The average molecular weight is 485 g/mol. The molecule has 3 aromatic rings. The minimum atomic E-state index is 0.00731. The maximum absolute atomic E-state index is 12.8. The molecule has 1 atom stereocenters. The Balaban J connectivity index is 1.20. The number of nitrogens with zero attached hydrogens (tertiary/aromatic N) is 5. The molecule has 1 saturated heterocycles. The maximum Gasteiger partial charge on any atom is 0.281 e. The van der Waals surface area contributed by atoms with Gasteiger partial charge in [-0.3, -0.25) is 14.8 Å². The van der Waals surface area contributed by atoms with Gasteiger partial charge in [-0.05, 0) is 37.1 Å². The number of carbonyl (C=O) groups is 1. The minimum Gasteiger partial charge on any atom is -0.349 e. The second-order valence-electron chi connectivity index (χ2n) is 8.96. The van der Waals surface area contributed by atoms with Crippen LogP contribution in [0.1, 0.15) is 18.5 Å². The molecule has 9 heteroatoms. The zero-order chi connectivity index (χ0) is 23.8. The first kappa shape index (κ1) is 22.0. The zero-order valence-corrected chi connectivity index (χ0v) is 20.0. The van der Waals surface area contributed by atoms with E-state index in [1.807, 2.05) is 41.6 Å². The van der Waals surface area contributed by atoms with Gasteiger partial charge in [0.05, 0.1) is 18.2 Å². The fraction of sp³-hybridized carbons (Fsp3) is 0.231. The van der Waals surface area contributed by atoms with E-state index in [1.54, 1.807) is 30.4 Å². The summed E-state index contributed by atoms with van der Waals surface area (Å²) in [6.07, 6.45) is 10.6. The molecule has 8 nitrogen and oxygen atoms in total. The van der Waals surface area contributed by atoms with Crippen molar-refractivity contribution < 1.29 is 9.39 Å². The number of rotatable bonds is 5. The van der Waals surface area contributed by atoms with E-state index in [0.717, 1.165) is 51.6 Å². The van der Waals surface area contributed by atoms with Gasteiger partial charge in [0.25, 0.3) is 5.84 Å². The molecule has 5 heterocycles. The largest absolute Gasteiger partial charge is 0.349 e. The number of amidine groups is 1. The highest BCUT2D eigenvalue weighted by atomic mass is 32.2. The van der Waals surface area contributed by atoms with E-state index < -0.39 is 0 Å². The molecule has 3 aliphatic heterocycles. The molecule has 2 aromatic heterocycles. The first-order valence-electron chi connectivity index (χ1n) is 11.7. The van der Waals surface area contributed by atoms with Crippen LogP contribution in [0.3, 0.4) is 0 Å². The lowest BCUT2D eigenvalue weighted by Crippen LogP contribution is -2.53. The van der Waals surface area contributed by atoms with Gasteiger partial charge < -0.3 is 9.88 Å². The lowest BCUT2D eigenvalue weighted by molar-refractivity contribution is -0.750. The molecule has 0 aliphatic carbocycles. The van der Waals surface area contributed by atoms with Crippen molar-refractivity contribution in [2.45, 2.75) is 17.7 Å². The molecule has 3 aliphatic rings. The molecule has 35 heavy (non-hydrogen) atoms. The van der Waals surface area contributed by atoms with Crippen molar-refractivity contribution in [3.8, 4) is 0 Å². The molecule has 176 valence electrons. The van der Waals surface area contributed by atoms with Gasteiger partial charge >= 0.3 is 0 Å². The first-order chi connectivity index (χ1) is 17.1. The van der Waals surface area contributed by atoms with Crippen LogP contribution >= 0.6 is 11.8 Å². The Bertz CT molecular complexity index is 1370. The lowest BCUT2D eigenvalue weighted by Gasteiger charge is -2.32. The highest BCUT2D eigenvalue weighted by Gasteiger charge is 2.46. The van der Waals surface area contributed by atoms with Crippen LogP contribution in [0.2, 0.25) is 0 Å². The van der Waals surface area contributed by atoms with Gasteiger partial charge in [-0.1, -0.05) is 18.2 Å². The number of pyridine rings is 1. The summed E-state index contributed by atoms with van der Waals surface area (Å²) in [6, 6.07) is 14.1. The number of H-pyrrole nitrogens is 1. The van der Waals surface area contributed by atoms with E-state index in [9.17, 15) is 4.79 Å². The molecule has 1 amide bonds. The van der Waals surface area contributed by atoms with E-state index in [-0.39, 0.29) is 16.4 Å². The normalized spacial score (nSPS) is 22.1. The number of fused-ring (bicyclic) bond motifs is 2. The minimum absolute atomic E-state index is 0.00731. The number of amides is 1. The number of nitrogens with one attached hydrogen (secondary N) is 1. The number of likely N-dealkylation sites (tertiary alicyclic amines) is 1. The number of piperidine rings is 1. The predicted molar refractivity (Wildman–Crippen MR) is 138 cm³/mol. The maximum atomic E-state index is 12.8. The number of carbonyl (C=O) groups excluding carboxylic acids is 1. The molecular formula is C26H26N7OS+. The van der Waals surface area contributed by atoms with Crippen LogP contribution in [-0.4, -0.2) is 56.3 Å². The lowest BCUT2D eigenvalue weighted by atomic mass is 9.92. The van der Waals surface area contributed by atoms with Gasteiger partial charge in [0.15, 0.2) is 0 Å². The molecular weight excluding hydrogens is 458 g/mol. The SMILES string of the molecule is N[N+]12C=CN=CC1=C(C1CCN(C(=O)CSc3ccncc3)CC1)N=C2c1cc2ccccc2[nH]1. The number of nitrogens with two attached hydrogens (primary N) is 1. The molecule has 0 spiro atoms. The summed E-state index contributed by atoms with van der Waals surface area (Å²) in [5, 5.41) is 1.12. The monoisotopic (exact) mass is 484 g/mol. The second-order valence-corrected chi connectivity index (χ2v) is 10.0. The van der Waals surface area contributed by atoms with Crippen molar-refractivity contribution in [2.24, 2.45) is 21.7 Å². The fourth-order valence-electron chi connectivity index (χ4n) is 4.95. The predicted octanol–water partition coefficient (Wildman–Crippen LogP) is 3.81. The van der Waals surface area contributed by atoms with Gasteiger partial charge in [0.1, 0.15) is 17.6 Å². The highest BCUT2D eigenvalue weighted by molar-refractivity contribution is 8.00. The summed E-state index contributed by atoms with van der Waals surface area (Å²) in [5.74, 6) is 8.50. The summed E-state index contributed by atoms with van der Waals surface area (Å²) in [7, 11) is 0. The third-order valence-corrected chi connectivity index (χ3v) is 7.84. The van der Waals surface area contributed by atoms with Crippen molar-refractivity contribution in [3.63, 3.8) is 0 Å². The van der Waals surface area contributed by atoms with Crippen molar-refractivity contribution in [1.82, 2.24) is 14.9 Å². The first-order valence-corrected chi connectivity index (χ1v) is 12.7. The van der Waals surface area contributed by atoms with E-state index in [4.69, 9.17) is 10.8 Å². The number of hydrogen-bond acceptors (Lipinski definition) is 6. The van der Waals surface area contributed by atoms with E-state index in [0.29, 0.717) is 18.8 Å². The van der Waals surface area contributed by atoms with Gasteiger partial charge in [-0.2, -0.15) is 10.8 Å². The van der Waals surface area contributed by atoms with Crippen molar-refractivity contribution in [2.75, 3.05) is 18.8 Å². The van der Waals surface area contributed by atoms with Crippen LogP contribution in [0.5, 0.6) is 0 Å². The number of hydrogen-bond donors (Lipinski definition) is 2. The number of para-hydroxylation sites is 1. The fourth-order valence-corrected chi connectivity index (χ4v) is 5.74. The Kier molecular flexibility index (Phi) is 5.60. The Morgan fingerprint density at radius 3 is 2.77 bits per heavy atom. The molecule has 0 radical (unpaired) electrons. The van der Waals surface area contributed by atoms with Gasteiger partial charge in [0, 0.05) is 47.2 Å². The van der Waals surface area contributed by atoms with Crippen LogP contribution in [0.4, 0.5) is 0 Å². The van der Waals surface area contributed by atoms with Crippen LogP contribution in [0, 0.1) is 5.92 Å². The molecule has 1 fully saturated rings. The third-order valence-electron chi connectivity index (χ3n) is 6.84. The molecule has 3 N–H and O–H groups in total. The summed E-state index contributed by atoms with van der Waals surface area (Å²) >= 11 is 1.55. The smallest absolute Gasteiger partial charge is 0.281 e. The number of aromatic amines is 1. The summed E-state index contributed by atoms with van der Waals surface area (Å²) in [5.41, 5.74) is 3.84. The Labute approximate surface area is 207 Å². The number of quaternary nitrogens is 1. The molecule has 6 rings (SSSR count). The Morgan fingerprint density at radius 2 is 1.97 bits per heavy atom. The Hall–Kier alpha value is -3.53. The molecule has 0 bridgehead atoms. The standard InChI is InChI=1S/C26H26N7OS/c27-33-14-11-29-16-23(33)25(31-26(33)22-15-19-3-1-2-4-21(19)30-22)18-7-12-32(13-8-18)24(34)17-35-20-5-9-28-10-6-20/h1-6,9-11,14-16,18,30H,7-8,12-13,17,27H2/q+1. The van der Waals surface area contributed by atoms with E-state index in [1.165, 1.54) is 0 Å². The summed E-state index contributed by atoms with van der Waals surface area (Å²) < 4.78 is 0.00731. The second kappa shape index (κ2) is 8.92. The van der Waals surface area contributed by atoms with Crippen LogP contribution in [0.15, 0.2) is 93.5 Å². The number of aromatic nitrogens is 2. The van der Waals surface area contributed by atoms with Gasteiger partial charge in [-0.15, -0.1) is 16.4 Å². The zero-order valence-electron chi connectivity index (χ0n) is 19.2. The van der Waals surface area contributed by atoms with Crippen LogP contribution in [0.25, 0.3) is 10.9 Å². The van der Waals surface area contributed by atoms with E-state index >= 15 is 0 Å². The van der Waals surface area contributed by atoms with Crippen LogP contribution in [-0.2, 0) is 4.79 Å². The van der Waals surface area contributed by atoms with Crippen molar-refractivity contribution in [1.29, 1.82) is 0 Å². The Morgan fingerprint density at radius 1 is 1.17 bits per heavy atom. The topological polar surface area (TPSA) is 99.7 Å². The van der Waals surface area contributed by atoms with E-state index in [2.05, 4.69) is 33.2 Å². The third kappa shape index (κ3) is 4.01. The quantitative estimate of drug-likeness (QED) is 0.327. The molecule has 1 aromatic carbocycles. The highest BCUT2D eigenvalue weighted by Crippen LogP contribution is 2.38. The average Bonchev–Trinajstić information content (AvgIpc) is 3.46.